The van der Waals surface area contributed by atoms with Crippen molar-refractivity contribution in [2.24, 2.45) is 0 Å². The largest absolute Gasteiger partial charge is 0.332 e. The van der Waals surface area contributed by atoms with Gasteiger partial charge in [-0.1, -0.05) is 38.1 Å². The van der Waals surface area contributed by atoms with Crippen molar-refractivity contribution in [1.82, 2.24) is 0 Å². The van der Waals surface area contributed by atoms with E-state index >= 15 is 0 Å². The van der Waals surface area contributed by atoms with Crippen LogP contribution in [0.15, 0.2) is 53.4 Å². The second-order valence-corrected chi connectivity index (χ2v) is 6.47. The minimum absolute atomic E-state index is 0.590. The molecule has 116 valence electrons. The van der Waals surface area contributed by atoms with Gasteiger partial charge in [0, 0.05) is 10.6 Å². The van der Waals surface area contributed by atoms with Gasteiger partial charge in [-0.2, -0.15) is 0 Å². The minimum Gasteiger partial charge on any atom is -0.332 e. The van der Waals surface area contributed by atoms with Crippen molar-refractivity contribution in [3.05, 3.63) is 54.1 Å². The smallest absolute Gasteiger partial charge is 0.175 e. The highest BCUT2D eigenvalue weighted by Gasteiger charge is 2.05. The summed E-state index contributed by atoms with van der Waals surface area (Å²) in [6.45, 7) is 4.45. The Morgan fingerprint density at radius 2 is 1.77 bits per heavy atom. The lowest BCUT2D eigenvalue weighted by Gasteiger charge is -2.14. The molecule has 0 aliphatic heterocycles. The van der Waals surface area contributed by atoms with Gasteiger partial charge < -0.3 is 10.6 Å². The summed E-state index contributed by atoms with van der Waals surface area (Å²) in [6.07, 6.45) is 3.21. The normalized spacial score (nSPS) is 11.8. The summed E-state index contributed by atoms with van der Waals surface area (Å²) in [5.74, 6) is 0.590. The van der Waals surface area contributed by atoms with Crippen LogP contribution in [0.1, 0.15) is 31.7 Å². The first kappa shape index (κ1) is 16.8. The Bertz CT molecular complexity index is 623. The Morgan fingerprint density at radius 3 is 2.41 bits per heavy atom. The van der Waals surface area contributed by atoms with Crippen molar-refractivity contribution in [1.29, 1.82) is 0 Å². The molecule has 0 saturated carbocycles. The summed E-state index contributed by atoms with van der Waals surface area (Å²) in [5, 5.41) is 7.10. The van der Waals surface area contributed by atoms with Gasteiger partial charge in [0.15, 0.2) is 5.11 Å². The Hall–Kier alpha value is -1.52. The van der Waals surface area contributed by atoms with Crippen molar-refractivity contribution in [3.8, 4) is 0 Å². The van der Waals surface area contributed by atoms with E-state index in [1.54, 1.807) is 11.8 Å². The van der Waals surface area contributed by atoms with Gasteiger partial charge in [-0.25, -0.2) is 0 Å². The molecule has 0 amide bonds. The third kappa shape index (κ3) is 4.49. The highest BCUT2D eigenvalue weighted by Crippen LogP contribution is 2.25. The summed E-state index contributed by atoms with van der Waals surface area (Å²) in [5.41, 5.74) is 3.40. The lowest BCUT2D eigenvalue weighted by Crippen LogP contribution is -2.19. The summed E-state index contributed by atoms with van der Waals surface area (Å²) < 4.78 is 0. The molecule has 0 saturated heterocycles. The van der Waals surface area contributed by atoms with Crippen LogP contribution in [-0.4, -0.2) is 11.4 Å². The fourth-order valence-electron chi connectivity index (χ4n) is 2.16. The Morgan fingerprint density at radius 1 is 1.09 bits per heavy atom. The maximum absolute atomic E-state index is 5.40. The van der Waals surface area contributed by atoms with Crippen molar-refractivity contribution in [2.75, 3.05) is 16.9 Å². The zero-order chi connectivity index (χ0) is 15.9. The van der Waals surface area contributed by atoms with E-state index in [1.165, 1.54) is 10.5 Å². The molecular formula is C18H22N2S2. The number of thiocarbonyl (C=S) groups is 1. The molecule has 4 heteroatoms. The molecule has 0 radical (unpaired) electrons. The second kappa shape index (κ2) is 8.20. The molecule has 2 rings (SSSR count). The minimum atomic E-state index is 0.590. The molecule has 2 aromatic rings. The van der Waals surface area contributed by atoms with E-state index in [0.29, 0.717) is 11.0 Å². The molecule has 2 aromatic carbocycles. The Labute approximate surface area is 142 Å². The van der Waals surface area contributed by atoms with E-state index in [9.17, 15) is 0 Å². The van der Waals surface area contributed by atoms with Crippen molar-refractivity contribution >= 4 is 40.5 Å². The monoisotopic (exact) mass is 330 g/mol. The number of anilines is 2. The highest BCUT2D eigenvalue weighted by atomic mass is 32.2. The number of para-hydroxylation sites is 1. The Kier molecular flexibility index (Phi) is 6.28. The van der Waals surface area contributed by atoms with Crippen LogP contribution >= 0.6 is 24.0 Å². The second-order valence-electron chi connectivity index (χ2n) is 5.21. The molecule has 1 unspecified atom stereocenters. The Balaban J connectivity index is 2.00. The van der Waals surface area contributed by atoms with Crippen molar-refractivity contribution in [3.63, 3.8) is 0 Å². The first-order valence-electron chi connectivity index (χ1n) is 7.45. The van der Waals surface area contributed by atoms with Gasteiger partial charge in [-0.05, 0) is 60.6 Å². The van der Waals surface area contributed by atoms with Crippen LogP contribution in [0, 0.1) is 0 Å². The maximum atomic E-state index is 5.40. The number of thioether (sulfide) groups is 1. The van der Waals surface area contributed by atoms with Gasteiger partial charge in [-0.3, -0.25) is 0 Å². The summed E-state index contributed by atoms with van der Waals surface area (Å²) in [6, 6.07) is 16.6. The van der Waals surface area contributed by atoms with Gasteiger partial charge in [0.2, 0.25) is 0 Å². The molecule has 2 nitrogen and oxygen atoms in total. The predicted octanol–water partition coefficient (Wildman–Crippen LogP) is 5.73. The molecule has 0 bridgehead atoms. The quantitative estimate of drug-likeness (QED) is 0.540. The van der Waals surface area contributed by atoms with Crippen LogP contribution in [0.3, 0.4) is 0 Å². The van der Waals surface area contributed by atoms with E-state index in [1.807, 2.05) is 18.2 Å². The third-order valence-corrected chi connectivity index (χ3v) is 4.71. The standard InChI is InChI=1S/C18H22N2S2/c1-4-13(2)14-9-11-15(12-10-14)19-18(21)20-16-7-5-6-8-17(16)22-3/h5-13H,4H2,1-3H3,(H2,19,20,21). The number of hydrogen-bond acceptors (Lipinski definition) is 2. The first-order chi connectivity index (χ1) is 10.6. The third-order valence-electron chi connectivity index (χ3n) is 3.71. The van der Waals surface area contributed by atoms with Crippen LogP contribution in [-0.2, 0) is 0 Å². The van der Waals surface area contributed by atoms with Gasteiger partial charge in [0.1, 0.15) is 0 Å². The highest BCUT2D eigenvalue weighted by molar-refractivity contribution is 7.98. The van der Waals surface area contributed by atoms with Gasteiger partial charge >= 0.3 is 0 Å². The fourth-order valence-corrected chi connectivity index (χ4v) is 2.94. The van der Waals surface area contributed by atoms with Crippen LogP contribution in [0.2, 0.25) is 0 Å². The average molecular weight is 331 g/mol. The molecule has 1 atom stereocenters. The SMILES string of the molecule is CCC(C)c1ccc(NC(=S)Nc2ccccc2SC)cc1. The number of rotatable bonds is 5. The molecule has 0 spiro atoms. The molecule has 22 heavy (non-hydrogen) atoms. The van der Waals surface area contributed by atoms with E-state index in [-0.39, 0.29) is 0 Å². The summed E-state index contributed by atoms with van der Waals surface area (Å²) in [7, 11) is 0. The van der Waals surface area contributed by atoms with Gasteiger partial charge in [-0.15, -0.1) is 11.8 Å². The van der Waals surface area contributed by atoms with Gasteiger partial charge in [0.05, 0.1) is 5.69 Å². The predicted molar refractivity (Wildman–Crippen MR) is 103 cm³/mol. The lowest BCUT2D eigenvalue weighted by atomic mass is 9.99. The lowest BCUT2D eigenvalue weighted by molar-refractivity contribution is 0.734. The van der Waals surface area contributed by atoms with Crippen molar-refractivity contribution < 1.29 is 0 Å². The van der Waals surface area contributed by atoms with E-state index in [4.69, 9.17) is 12.2 Å². The summed E-state index contributed by atoms with van der Waals surface area (Å²) >= 11 is 7.10. The zero-order valence-electron chi connectivity index (χ0n) is 13.2. The van der Waals surface area contributed by atoms with Crippen LogP contribution in [0.5, 0.6) is 0 Å². The average Bonchev–Trinajstić information content (AvgIpc) is 2.55. The molecule has 2 N–H and O–H groups in total. The van der Waals surface area contributed by atoms with Crippen LogP contribution in [0.4, 0.5) is 11.4 Å². The number of nitrogens with one attached hydrogen (secondary N) is 2. The molecule has 0 aliphatic carbocycles. The first-order valence-corrected chi connectivity index (χ1v) is 9.08. The van der Waals surface area contributed by atoms with E-state index in [0.717, 1.165) is 17.8 Å². The van der Waals surface area contributed by atoms with Crippen molar-refractivity contribution in [2.45, 2.75) is 31.1 Å². The fraction of sp³-hybridized carbons (Fsp3) is 0.278. The van der Waals surface area contributed by atoms with E-state index in [2.05, 4.69) is 61.1 Å². The maximum Gasteiger partial charge on any atom is 0.175 e. The number of benzene rings is 2. The molecule has 0 aliphatic rings. The topological polar surface area (TPSA) is 24.1 Å². The van der Waals surface area contributed by atoms with Crippen LogP contribution in [0.25, 0.3) is 0 Å². The van der Waals surface area contributed by atoms with E-state index < -0.39 is 0 Å². The molecule has 0 fully saturated rings. The van der Waals surface area contributed by atoms with Crippen LogP contribution < -0.4 is 10.6 Å². The molecule has 0 aromatic heterocycles. The summed E-state index contributed by atoms with van der Waals surface area (Å²) in [4.78, 5) is 1.18. The molecular weight excluding hydrogens is 308 g/mol. The zero-order valence-corrected chi connectivity index (χ0v) is 14.9. The van der Waals surface area contributed by atoms with Gasteiger partial charge in [0.25, 0.3) is 0 Å². The number of hydrogen-bond donors (Lipinski definition) is 2. The molecule has 0 heterocycles.